The maximum atomic E-state index is 12.6. The van der Waals surface area contributed by atoms with E-state index in [9.17, 15) is 4.79 Å². The van der Waals surface area contributed by atoms with Crippen molar-refractivity contribution in [3.8, 4) is 5.75 Å². The Balaban J connectivity index is 1.47. The van der Waals surface area contributed by atoms with Gasteiger partial charge in [0.25, 0.3) is 5.91 Å². The van der Waals surface area contributed by atoms with Gasteiger partial charge in [0.05, 0.1) is 6.61 Å². The lowest BCUT2D eigenvalue weighted by Gasteiger charge is -2.11. The minimum Gasteiger partial charge on any atom is -0.494 e. The number of carbonyl (C=O) groups excluding carboxylic acids is 1. The molecule has 0 radical (unpaired) electrons. The molecule has 1 N–H and O–H groups in total. The molecule has 0 bridgehead atoms. The first kappa shape index (κ1) is 20.0. The Morgan fingerprint density at radius 2 is 1.97 bits per heavy atom. The predicted octanol–water partition coefficient (Wildman–Crippen LogP) is 5.40. The Hall–Kier alpha value is -3.31. The van der Waals surface area contributed by atoms with E-state index in [0.29, 0.717) is 47.1 Å². The second kappa shape index (κ2) is 9.01. The summed E-state index contributed by atoms with van der Waals surface area (Å²) in [7, 11) is 0. The van der Waals surface area contributed by atoms with Gasteiger partial charge in [0, 0.05) is 29.1 Å². The van der Waals surface area contributed by atoms with Crippen LogP contribution in [0.25, 0.3) is 11.1 Å². The number of halogens is 1. The van der Waals surface area contributed by atoms with Crippen LogP contribution in [0.1, 0.15) is 34.3 Å². The number of oxazole rings is 1. The summed E-state index contributed by atoms with van der Waals surface area (Å²) in [6.07, 6.45) is 0.533. The molecule has 4 rings (SSSR count). The van der Waals surface area contributed by atoms with Gasteiger partial charge in [-0.25, -0.2) is 4.98 Å². The molecule has 152 valence electrons. The average Bonchev–Trinajstić information content (AvgIpc) is 3.14. The monoisotopic (exact) mass is 420 g/mol. The zero-order valence-electron chi connectivity index (χ0n) is 16.5. The fourth-order valence-electron chi connectivity index (χ4n) is 3.23. The van der Waals surface area contributed by atoms with Crippen molar-refractivity contribution in [2.45, 2.75) is 19.9 Å². The maximum Gasteiger partial charge on any atom is 0.251 e. The van der Waals surface area contributed by atoms with Crippen molar-refractivity contribution in [3.05, 3.63) is 94.3 Å². The van der Waals surface area contributed by atoms with Crippen LogP contribution < -0.4 is 10.1 Å². The molecule has 0 fully saturated rings. The van der Waals surface area contributed by atoms with E-state index in [0.717, 1.165) is 16.9 Å². The first-order chi connectivity index (χ1) is 14.6. The Kier molecular flexibility index (Phi) is 6.00. The van der Waals surface area contributed by atoms with Crippen LogP contribution in [0.4, 0.5) is 0 Å². The van der Waals surface area contributed by atoms with E-state index in [2.05, 4.69) is 10.3 Å². The van der Waals surface area contributed by atoms with E-state index in [1.807, 2.05) is 55.5 Å². The van der Waals surface area contributed by atoms with Gasteiger partial charge in [-0.05, 0) is 48.9 Å². The summed E-state index contributed by atoms with van der Waals surface area (Å²) in [6.45, 7) is 2.89. The second-order valence-electron chi connectivity index (χ2n) is 6.82. The lowest BCUT2D eigenvalue weighted by molar-refractivity contribution is 0.0950. The minimum absolute atomic E-state index is 0.184. The molecule has 1 amide bonds. The lowest BCUT2D eigenvalue weighted by atomic mass is 10.1. The van der Waals surface area contributed by atoms with Crippen LogP contribution in [0.3, 0.4) is 0 Å². The molecule has 0 aliphatic carbocycles. The molecule has 0 saturated carbocycles. The zero-order valence-corrected chi connectivity index (χ0v) is 17.3. The van der Waals surface area contributed by atoms with Gasteiger partial charge in [-0.1, -0.05) is 41.9 Å². The molecule has 0 saturated heterocycles. The molecule has 3 aromatic carbocycles. The predicted molar refractivity (Wildman–Crippen MR) is 117 cm³/mol. The molecule has 1 aromatic heterocycles. The van der Waals surface area contributed by atoms with E-state index in [1.165, 1.54) is 0 Å². The number of amides is 1. The summed E-state index contributed by atoms with van der Waals surface area (Å²) in [5, 5.41) is 3.61. The summed E-state index contributed by atoms with van der Waals surface area (Å²) in [6, 6.07) is 20.5. The van der Waals surface area contributed by atoms with Gasteiger partial charge in [0.2, 0.25) is 0 Å². The highest BCUT2D eigenvalue weighted by atomic mass is 35.5. The molecule has 30 heavy (non-hydrogen) atoms. The van der Waals surface area contributed by atoms with Crippen LogP contribution in [0.2, 0.25) is 5.02 Å². The number of aromatic nitrogens is 1. The van der Waals surface area contributed by atoms with Gasteiger partial charge < -0.3 is 14.5 Å². The Morgan fingerprint density at radius 1 is 1.10 bits per heavy atom. The Bertz CT molecular complexity index is 1190. The molecule has 6 heteroatoms. The number of benzene rings is 3. The third kappa shape index (κ3) is 4.63. The number of hydrogen-bond donors (Lipinski definition) is 1. The van der Waals surface area contributed by atoms with Crippen molar-refractivity contribution in [1.29, 1.82) is 0 Å². The maximum absolute atomic E-state index is 12.6. The standard InChI is InChI=1S/C24H21ClN2O3/c1-2-29-21-9-4-3-7-18(21)15-26-24(28)17-10-11-20-22(14-17)30-23(27-20)13-16-6-5-8-19(25)12-16/h3-12,14H,2,13,15H2,1H3,(H,26,28). The molecule has 0 aliphatic rings. The summed E-state index contributed by atoms with van der Waals surface area (Å²) < 4.78 is 11.5. The number of hydrogen-bond acceptors (Lipinski definition) is 4. The van der Waals surface area contributed by atoms with Gasteiger partial charge in [0.15, 0.2) is 11.5 Å². The Labute approximate surface area is 179 Å². The van der Waals surface area contributed by atoms with E-state index in [-0.39, 0.29) is 5.91 Å². The molecule has 5 nitrogen and oxygen atoms in total. The third-order valence-corrected chi connectivity index (χ3v) is 4.89. The number of fused-ring (bicyclic) bond motifs is 1. The lowest BCUT2D eigenvalue weighted by Crippen LogP contribution is -2.23. The van der Waals surface area contributed by atoms with Crippen molar-refractivity contribution < 1.29 is 13.9 Å². The summed E-state index contributed by atoms with van der Waals surface area (Å²) in [4.78, 5) is 17.1. The van der Waals surface area contributed by atoms with Crippen LogP contribution in [0, 0.1) is 0 Å². The topological polar surface area (TPSA) is 64.4 Å². The van der Waals surface area contributed by atoms with E-state index in [1.54, 1.807) is 18.2 Å². The second-order valence-corrected chi connectivity index (χ2v) is 7.26. The molecular weight excluding hydrogens is 400 g/mol. The highest BCUT2D eigenvalue weighted by Crippen LogP contribution is 2.21. The number of ether oxygens (including phenoxy) is 1. The summed E-state index contributed by atoms with van der Waals surface area (Å²) in [5.74, 6) is 1.17. The number of rotatable bonds is 7. The zero-order chi connectivity index (χ0) is 20.9. The fourth-order valence-corrected chi connectivity index (χ4v) is 3.45. The molecule has 4 aromatic rings. The van der Waals surface area contributed by atoms with Gasteiger partial charge >= 0.3 is 0 Å². The van der Waals surface area contributed by atoms with E-state index >= 15 is 0 Å². The molecule has 0 unspecified atom stereocenters. The largest absolute Gasteiger partial charge is 0.494 e. The minimum atomic E-state index is -0.184. The fraction of sp³-hybridized carbons (Fsp3) is 0.167. The van der Waals surface area contributed by atoms with Gasteiger partial charge in [-0.2, -0.15) is 0 Å². The highest BCUT2D eigenvalue weighted by molar-refractivity contribution is 6.30. The van der Waals surface area contributed by atoms with Crippen molar-refractivity contribution >= 4 is 28.6 Å². The first-order valence-corrected chi connectivity index (χ1v) is 10.1. The van der Waals surface area contributed by atoms with Crippen LogP contribution in [-0.4, -0.2) is 17.5 Å². The highest BCUT2D eigenvalue weighted by Gasteiger charge is 2.12. The SMILES string of the molecule is CCOc1ccccc1CNC(=O)c1ccc2nc(Cc3cccc(Cl)c3)oc2c1. The smallest absolute Gasteiger partial charge is 0.251 e. The van der Waals surface area contributed by atoms with Crippen molar-refractivity contribution in [2.75, 3.05) is 6.61 Å². The van der Waals surface area contributed by atoms with Crippen molar-refractivity contribution in [2.24, 2.45) is 0 Å². The van der Waals surface area contributed by atoms with Crippen LogP contribution in [0.15, 0.2) is 71.1 Å². The van der Waals surface area contributed by atoms with Gasteiger partial charge in [0.1, 0.15) is 11.3 Å². The van der Waals surface area contributed by atoms with Crippen LogP contribution in [0.5, 0.6) is 5.75 Å². The summed E-state index contributed by atoms with van der Waals surface area (Å²) >= 11 is 6.04. The van der Waals surface area contributed by atoms with E-state index in [4.69, 9.17) is 20.8 Å². The third-order valence-electron chi connectivity index (χ3n) is 4.65. The van der Waals surface area contributed by atoms with Crippen molar-refractivity contribution in [1.82, 2.24) is 10.3 Å². The molecule has 0 aliphatic heterocycles. The van der Waals surface area contributed by atoms with E-state index < -0.39 is 0 Å². The van der Waals surface area contributed by atoms with Crippen molar-refractivity contribution in [3.63, 3.8) is 0 Å². The number of carbonyl (C=O) groups is 1. The van der Waals surface area contributed by atoms with Crippen LogP contribution >= 0.6 is 11.6 Å². The quantitative estimate of drug-likeness (QED) is 0.434. The van der Waals surface area contributed by atoms with Crippen LogP contribution in [-0.2, 0) is 13.0 Å². The summed E-state index contributed by atoms with van der Waals surface area (Å²) in [5.41, 5.74) is 3.75. The van der Waals surface area contributed by atoms with Gasteiger partial charge in [-0.3, -0.25) is 4.79 Å². The normalized spacial score (nSPS) is 10.9. The molecule has 0 spiro atoms. The molecular formula is C24H21ClN2O3. The Morgan fingerprint density at radius 3 is 2.80 bits per heavy atom. The first-order valence-electron chi connectivity index (χ1n) is 9.75. The molecule has 1 heterocycles. The van der Waals surface area contributed by atoms with Gasteiger partial charge in [-0.15, -0.1) is 0 Å². The average molecular weight is 421 g/mol. The molecule has 0 atom stereocenters. The number of nitrogens with zero attached hydrogens (tertiary/aromatic N) is 1. The number of para-hydroxylation sites is 1. The number of nitrogens with one attached hydrogen (secondary N) is 1.